The van der Waals surface area contributed by atoms with Gasteiger partial charge in [0.25, 0.3) is 0 Å². The molecule has 0 aliphatic heterocycles. The minimum atomic E-state index is -0.717. The maximum Gasteiger partial charge on any atom is 0.304 e. The van der Waals surface area contributed by atoms with Gasteiger partial charge in [0.1, 0.15) is 0 Å². The molecule has 0 amide bonds. The molecule has 6 nitrogen and oxygen atoms in total. The molecule has 0 unspecified atom stereocenters. The fourth-order valence-electron chi connectivity index (χ4n) is 1.59. The molecule has 0 bridgehead atoms. The molecule has 0 radical (unpaired) electrons. The van der Waals surface area contributed by atoms with Crippen molar-refractivity contribution in [2.24, 2.45) is 0 Å². The van der Waals surface area contributed by atoms with Crippen molar-refractivity contribution in [3.63, 3.8) is 0 Å². The fraction of sp³-hybridized carbons (Fsp3) is 0.500. The summed E-state index contributed by atoms with van der Waals surface area (Å²) in [5.41, 5.74) is 0.0128. The maximum atomic E-state index is 11.1. The fourth-order valence-corrected chi connectivity index (χ4v) is 2.68. The second-order valence-electron chi connectivity index (χ2n) is 4.00. The van der Waals surface area contributed by atoms with E-state index in [0.29, 0.717) is 29.6 Å². The van der Waals surface area contributed by atoms with E-state index in [9.17, 15) is 15.2 Å². The Morgan fingerprint density at radius 1 is 1.74 bits per heavy atom. The van der Waals surface area contributed by atoms with Gasteiger partial charge in [-0.15, -0.1) is 17.9 Å². The van der Waals surface area contributed by atoms with E-state index in [0.717, 1.165) is 0 Å². The van der Waals surface area contributed by atoms with Gasteiger partial charge in [-0.3, -0.25) is 10.1 Å². The van der Waals surface area contributed by atoms with Gasteiger partial charge < -0.3 is 14.7 Å². The van der Waals surface area contributed by atoms with Crippen LogP contribution in [0.1, 0.15) is 17.9 Å². The number of aliphatic hydroxyl groups excluding tert-OH is 1. The number of rotatable bonds is 8. The van der Waals surface area contributed by atoms with Crippen LogP contribution in [-0.2, 0) is 4.74 Å². The van der Waals surface area contributed by atoms with E-state index < -0.39 is 11.0 Å². The number of aliphatic hydroxyl groups is 1. The summed E-state index contributed by atoms with van der Waals surface area (Å²) in [6.07, 6.45) is 0.965. The van der Waals surface area contributed by atoms with Crippen LogP contribution in [-0.4, -0.2) is 36.8 Å². The van der Waals surface area contributed by atoms with Crippen LogP contribution >= 0.6 is 11.3 Å². The monoisotopic (exact) mass is 286 g/mol. The summed E-state index contributed by atoms with van der Waals surface area (Å²) < 4.78 is 5.00. The molecule has 0 spiro atoms. The lowest BCUT2D eigenvalue weighted by atomic mass is 10.3. The molecule has 0 saturated heterocycles. The zero-order valence-electron chi connectivity index (χ0n) is 11.0. The molecule has 0 fully saturated rings. The Morgan fingerprint density at radius 2 is 2.42 bits per heavy atom. The SMILES string of the molecule is C=CCN(CCOC)c1sc([C@@H](C)O)cc1[N+](=O)[O-]. The number of ether oxygens (including phenoxy) is 1. The number of hydrogen-bond donors (Lipinski definition) is 1. The first kappa shape index (κ1) is 15.6. The van der Waals surface area contributed by atoms with Crippen molar-refractivity contribution < 1.29 is 14.8 Å². The summed E-state index contributed by atoms with van der Waals surface area (Å²) >= 11 is 1.23. The highest BCUT2D eigenvalue weighted by atomic mass is 32.1. The lowest BCUT2D eigenvalue weighted by Gasteiger charge is -2.20. The van der Waals surface area contributed by atoms with Crippen LogP contribution in [0.25, 0.3) is 0 Å². The first-order chi connectivity index (χ1) is 9.01. The summed E-state index contributed by atoms with van der Waals surface area (Å²) in [5, 5.41) is 21.2. The van der Waals surface area contributed by atoms with E-state index in [4.69, 9.17) is 4.74 Å². The Bertz CT molecular complexity index is 445. The summed E-state index contributed by atoms with van der Waals surface area (Å²) in [6, 6.07) is 1.42. The standard InChI is InChI=1S/C12H18N2O4S/c1-4-5-13(6-7-18-3)12-10(14(16)17)8-11(19-12)9(2)15/h4,8-9,15H,1,5-7H2,2-3H3/t9-/m1/s1. The van der Waals surface area contributed by atoms with E-state index in [-0.39, 0.29) is 5.69 Å². The number of nitro groups is 1. The summed E-state index contributed by atoms with van der Waals surface area (Å²) in [6.45, 7) is 6.73. The molecule has 1 atom stereocenters. The Labute approximate surface area is 116 Å². The van der Waals surface area contributed by atoms with Gasteiger partial charge in [0, 0.05) is 31.1 Å². The van der Waals surface area contributed by atoms with E-state index in [1.807, 2.05) is 4.90 Å². The van der Waals surface area contributed by atoms with Crippen molar-refractivity contribution in [2.45, 2.75) is 13.0 Å². The molecule has 7 heteroatoms. The quantitative estimate of drug-likeness (QED) is 0.451. The summed E-state index contributed by atoms with van der Waals surface area (Å²) in [4.78, 5) is 13.1. The van der Waals surface area contributed by atoms with Gasteiger partial charge in [-0.05, 0) is 6.92 Å². The van der Waals surface area contributed by atoms with Crippen molar-refractivity contribution >= 4 is 22.0 Å². The van der Waals surface area contributed by atoms with Gasteiger partial charge in [0.2, 0.25) is 0 Å². The third-order valence-electron chi connectivity index (χ3n) is 2.52. The van der Waals surface area contributed by atoms with Gasteiger partial charge in [-0.25, -0.2) is 0 Å². The Balaban J connectivity index is 3.11. The normalized spacial score (nSPS) is 12.2. The Morgan fingerprint density at radius 3 is 2.89 bits per heavy atom. The van der Waals surface area contributed by atoms with Gasteiger partial charge in [-0.1, -0.05) is 6.08 Å². The molecule has 1 aromatic rings. The van der Waals surface area contributed by atoms with E-state index in [1.54, 1.807) is 20.1 Å². The zero-order chi connectivity index (χ0) is 14.4. The van der Waals surface area contributed by atoms with Crippen LogP contribution in [0.4, 0.5) is 10.7 Å². The third kappa shape index (κ3) is 4.02. The number of nitrogens with zero attached hydrogens (tertiary/aromatic N) is 2. The van der Waals surface area contributed by atoms with Gasteiger partial charge in [0.05, 0.1) is 17.6 Å². The minimum Gasteiger partial charge on any atom is -0.388 e. The average Bonchev–Trinajstić information content (AvgIpc) is 2.79. The van der Waals surface area contributed by atoms with Gasteiger partial charge >= 0.3 is 5.69 Å². The molecule has 0 aromatic carbocycles. The highest BCUT2D eigenvalue weighted by Crippen LogP contribution is 2.39. The van der Waals surface area contributed by atoms with Crippen molar-refractivity contribution in [2.75, 3.05) is 31.7 Å². The van der Waals surface area contributed by atoms with Crippen molar-refractivity contribution in [3.05, 3.63) is 33.7 Å². The van der Waals surface area contributed by atoms with Gasteiger partial charge in [0.15, 0.2) is 5.00 Å². The van der Waals surface area contributed by atoms with E-state index in [2.05, 4.69) is 6.58 Å². The van der Waals surface area contributed by atoms with Crippen LogP contribution in [0.3, 0.4) is 0 Å². The lowest BCUT2D eigenvalue weighted by molar-refractivity contribution is -0.383. The predicted molar refractivity (Wildman–Crippen MR) is 75.9 cm³/mol. The average molecular weight is 286 g/mol. The molecule has 1 aromatic heterocycles. The van der Waals surface area contributed by atoms with Crippen molar-refractivity contribution in [1.82, 2.24) is 0 Å². The predicted octanol–water partition coefficient (Wildman–Crippen LogP) is 2.35. The number of methoxy groups -OCH3 is 1. The lowest BCUT2D eigenvalue weighted by Crippen LogP contribution is -2.27. The largest absolute Gasteiger partial charge is 0.388 e. The first-order valence-corrected chi connectivity index (χ1v) is 6.63. The second-order valence-corrected chi connectivity index (χ2v) is 5.06. The van der Waals surface area contributed by atoms with Crippen LogP contribution in [0, 0.1) is 10.1 Å². The molecule has 1 N–H and O–H groups in total. The van der Waals surface area contributed by atoms with Crippen LogP contribution in [0.2, 0.25) is 0 Å². The first-order valence-electron chi connectivity index (χ1n) is 5.82. The van der Waals surface area contributed by atoms with Crippen molar-refractivity contribution in [1.29, 1.82) is 0 Å². The molecule has 0 saturated carbocycles. The highest BCUT2D eigenvalue weighted by Gasteiger charge is 2.24. The van der Waals surface area contributed by atoms with E-state index in [1.165, 1.54) is 17.4 Å². The molecule has 106 valence electrons. The van der Waals surface area contributed by atoms with Crippen molar-refractivity contribution in [3.8, 4) is 0 Å². The molecule has 0 aliphatic rings. The molecular formula is C12H18N2O4S. The maximum absolute atomic E-state index is 11.1. The van der Waals surface area contributed by atoms with E-state index >= 15 is 0 Å². The topological polar surface area (TPSA) is 75.8 Å². The minimum absolute atomic E-state index is 0.0128. The highest BCUT2D eigenvalue weighted by molar-refractivity contribution is 7.16. The second kappa shape index (κ2) is 7.22. The number of anilines is 1. The zero-order valence-corrected chi connectivity index (χ0v) is 11.9. The molecule has 19 heavy (non-hydrogen) atoms. The number of hydrogen-bond acceptors (Lipinski definition) is 6. The Hall–Kier alpha value is -1.44. The molecular weight excluding hydrogens is 268 g/mol. The smallest absolute Gasteiger partial charge is 0.304 e. The van der Waals surface area contributed by atoms with Crippen LogP contribution in [0.15, 0.2) is 18.7 Å². The van der Waals surface area contributed by atoms with Crippen LogP contribution in [0.5, 0.6) is 0 Å². The Kier molecular flexibility index (Phi) is 5.94. The number of thiophene rings is 1. The molecule has 0 aliphatic carbocycles. The molecule has 1 rings (SSSR count). The molecule has 1 heterocycles. The summed E-state index contributed by atoms with van der Waals surface area (Å²) in [7, 11) is 1.58. The van der Waals surface area contributed by atoms with Gasteiger partial charge in [-0.2, -0.15) is 0 Å². The summed E-state index contributed by atoms with van der Waals surface area (Å²) in [5.74, 6) is 0. The van der Waals surface area contributed by atoms with Crippen LogP contribution < -0.4 is 4.90 Å². The third-order valence-corrected chi connectivity index (χ3v) is 3.88.